The molecule has 0 aliphatic rings. The minimum atomic E-state index is 0.622. The number of aromatic nitrogens is 2. The van der Waals surface area contributed by atoms with Crippen LogP contribution in [-0.2, 0) is 6.54 Å². The van der Waals surface area contributed by atoms with E-state index >= 15 is 0 Å². The van der Waals surface area contributed by atoms with Crippen molar-refractivity contribution < 1.29 is 4.63 Å². The van der Waals surface area contributed by atoms with Crippen molar-refractivity contribution >= 4 is 21.6 Å². The van der Waals surface area contributed by atoms with Gasteiger partial charge in [0.2, 0.25) is 0 Å². The van der Waals surface area contributed by atoms with Gasteiger partial charge in [0.05, 0.1) is 6.54 Å². The summed E-state index contributed by atoms with van der Waals surface area (Å²) < 4.78 is 5.67. The fourth-order valence-corrected chi connectivity index (χ4v) is 1.43. The van der Waals surface area contributed by atoms with Gasteiger partial charge in [0, 0.05) is 10.2 Å². The zero-order valence-electron chi connectivity index (χ0n) is 8.20. The molecule has 1 heterocycles. The van der Waals surface area contributed by atoms with Crippen LogP contribution in [0.5, 0.6) is 0 Å². The molecule has 0 atom stereocenters. The molecule has 0 aliphatic heterocycles. The van der Waals surface area contributed by atoms with Crippen LogP contribution in [0.15, 0.2) is 33.4 Å². The summed E-state index contributed by atoms with van der Waals surface area (Å²) in [6.45, 7) is 2.49. The molecule has 2 aromatic rings. The number of hydrogen-bond acceptors (Lipinski definition) is 4. The van der Waals surface area contributed by atoms with Crippen LogP contribution in [0.1, 0.15) is 11.4 Å². The van der Waals surface area contributed by atoms with E-state index in [1.54, 1.807) is 0 Å². The largest absolute Gasteiger partial charge is 0.379 e. The van der Waals surface area contributed by atoms with E-state index in [9.17, 15) is 0 Å². The number of anilines is 1. The Labute approximate surface area is 95.8 Å². The van der Waals surface area contributed by atoms with Crippen molar-refractivity contribution in [2.45, 2.75) is 13.5 Å². The summed E-state index contributed by atoms with van der Waals surface area (Å²) in [6, 6.07) is 7.95. The van der Waals surface area contributed by atoms with E-state index in [0.29, 0.717) is 6.54 Å². The average Bonchev–Trinajstić information content (AvgIpc) is 2.63. The van der Waals surface area contributed by atoms with E-state index < -0.39 is 0 Å². The Balaban J connectivity index is 1.99. The fourth-order valence-electron chi connectivity index (χ4n) is 1.16. The first-order valence-corrected chi connectivity index (χ1v) is 5.32. The topological polar surface area (TPSA) is 51.0 Å². The van der Waals surface area contributed by atoms with Gasteiger partial charge in [-0.15, -0.1) is 0 Å². The van der Waals surface area contributed by atoms with Gasteiger partial charge >= 0.3 is 0 Å². The van der Waals surface area contributed by atoms with Crippen LogP contribution in [0.4, 0.5) is 5.69 Å². The molecule has 4 nitrogen and oxygen atoms in total. The molecule has 15 heavy (non-hydrogen) atoms. The number of rotatable bonds is 3. The lowest BCUT2D eigenvalue weighted by Gasteiger charge is -2.03. The molecule has 0 unspecified atom stereocenters. The SMILES string of the molecule is Cc1nonc1CNc1ccc(Br)cc1. The molecule has 1 N–H and O–H groups in total. The lowest BCUT2D eigenvalue weighted by Crippen LogP contribution is -2.00. The summed E-state index contributed by atoms with van der Waals surface area (Å²) in [6.07, 6.45) is 0. The van der Waals surface area contributed by atoms with Crippen molar-refractivity contribution in [3.8, 4) is 0 Å². The summed E-state index contributed by atoms with van der Waals surface area (Å²) in [5, 5.41) is 10.7. The Morgan fingerprint density at radius 2 is 2.00 bits per heavy atom. The highest BCUT2D eigenvalue weighted by molar-refractivity contribution is 9.10. The highest BCUT2D eigenvalue weighted by Crippen LogP contribution is 2.15. The molecular formula is C10H10BrN3O. The monoisotopic (exact) mass is 267 g/mol. The molecule has 0 saturated carbocycles. The molecule has 0 amide bonds. The van der Waals surface area contributed by atoms with E-state index in [0.717, 1.165) is 21.5 Å². The second kappa shape index (κ2) is 4.44. The number of hydrogen-bond donors (Lipinski definition) is 1. The summed E-state index contributed by atoms with van der Waals surface area (Å²) in [5.74, 6) is 0. The number of nitrogens with one attached hydrogen (secondary N) is 1. The first kappa shape index (κ1) is 10.2. The Hall–Kier alpha value is -1.36. The smallest absolute Gasteiger partial charge is 0.127 e. The van der Waals surface area contributed by atoms with Gasteiger partial charge in [-0.2, -0.15) is 0 Å². The van der Waals surface area contributed by atoms with Gasteiger partial charge in [-0.3, -0.25) is 0 Å². The van der Waals surface area contributed by atoms with E-state index in [1.165, 1.54) is 0 Å². The summed E-state index contributed by atoms with van der Waals surface area (Å²) >= 11 is 3.38. The van der Waals surface area contributed by atoms with Crippen LogP contribution in [0.2, 0.25) is 0 Å². The molecule has 5 heteroatoms. The maximum atomic E-state index is 4.61. The van der Waals surface area contributed by atoms with E-state index in [4.69, 9.17) is 0 Å². The van der Waals surface area contributed by atoms with Gasteiger partial charge in [-0.1, -0.05) is 26.2 Å². The lowest BCUT2D eigenvalue weighted by atomic mass is 10.3. The zero-order valence-corrected chi connectivity index (χ0v) is 9.78. The summed E-state index contributed by atoms with van der Waals surface area (Å²) in [5.41, 5.74) is 2.69. The zero-order chi connectivity index (χ0) is 10.7. The van der Waals surface area contributed by atoms with Crippen LogP contribution in [0.3, 0.4) is 0 Å². The van der Waals surface area contributed by atoms with Crippen LogP contribution in [-0.4, -0.2) is 10.3 Å². The Morgan fingerprint density at radius 3 is 2.60 bits per heavy atom. The van der Waals surface area contributed by atoms with Crippen LogP contribution in [0, 0.1) is 6.92 Å². The molecule has 0 bridgehead atoms. The first-order chi connectivity index (χ1) is 7.25. The van der Waals surface area contributed by atoms with Gasteiger partial charge in [-0.25, -0.2) is 4.63 Å². The molecule has 2 rings (SSSR count). The maximum absolute atomic E-state index is 4.61. The highest BCUT2D eigenvalue weighted by Gasteiger charge is 2.03. The third-order valence-electron chi connectivity index (χ3n) is 2.05. The van der Waals surface area contributed by atoms with Crippen molar-refractivity contribution in [3.63, 3.8) is 0 Å². The Bertz CT molecular complexity index is 438. The predicted octanol–water partition coefficient (Wildman–Crippen LogP) is 2.75. The first-order valence-electron chi connectivity index (χ1n) is 4.53. The van der Waals surface area contributed by atoms with E-state index in [2.05, 4.69) is 36.2 Å². The van der Waals surface area contributed by atoms with Crippen LogP contribution >= 0.6 is 15.9 Å². The van der Waals surface area contributed by atoms with Crippen molar-refractivity contribution in [3.05, 3.63) is 40.1 Å². The standard InChI is InChI=1S/C10H10BrN3O/c1-7-10(14-15-13-7)6-12-9-4-2-8(11)3-5-9/h2-5,12H,6H2,1H3. The summed E-state index contributed by atoms with van der Waals surface area (Å²) in [4.78, 5) is 0. The molecule has 0 saturated heterocycles. The van der Waals surface area contributed by atoms with Crippen molar-refractivity contribution in [2.24, 2.45) is 0 Å². The third-order valence-corrected chi connectivity index (χ3v) is 2.58. The minimum Gasteiger partial charge on any atom is -0.379 e. The molecule has 0 spiro atoms. The molecule has 1 aromatic heterocycles. The Kier molecular flexibility index (Phi) is 3.01. The number of aryl methyl sites for hydroxylation is 1. The highest BCUT2D eigenvalue weighted by atomic mass is 79.9. The van der Waals surface area contributed by atoms with Crippen LogP contribution < -0.4 is 5.32 Å². The van der Waals surface area contributed by atoms with Gasteiger partial charge in [0.1, 0.15) is 11.4 Å². The van der Waals surface area contributed by atoms with Gasteiger partial charge in [0.15, 0.2) is 0 Å². The van der Waals surface area contributed by atoms with Crippen molar-refractivity contribution in [1.82, 2.24) is 10.3 Å². The van der Waals surface area contributed by atoms with E-state index in [-0.39, 0.29) is 0 Å². The Morgan fingerprint density at radius 1 is 1.27 bits per heavy atom. The number of benzene rings is 1. The van der Waals surface area contributed by atoms with Crippen LogP contribution in [0.25, 0.3) is 0 Å². The molecule has 1 aromatic carbocycles. The maximum Gasteiger partial charge on any atom is 0.127 e. The fraction of sp³-hybridized carbons (Fsp3) is 0.200. The van der Waals surface area contributed by atoms with Gasteiger partial charge in [-0.05, 0) is 31.2 Å². The molecule has 0 fully saturated rings. The van der Waals surface area contributed by atoms with E-state index in [1.807, 2.05) is 31.2 Å². The lowest BCUT2D eigenvalue weighted by molar-refractivity contribution is 0.301. The van der Waals surface area contributed by atoms with Crippen molar-refractivity contribution in [2.75, 3.05) is 5.32 Å². The molecular weight excluding hydrogens is 258 g/mol. The molecule has 0 radical (unpaired) electrons. The summed E-state index contributed by atoms with van der Waals surface area (Å²) in [7, 11) is 0. The van der Waals surface area contributed by atoms with Gasteiger partial charge < -0.3 is 5.32 Å². The minimum absolute atomic E-state index is 0.622. The van der Waals surface area contributed by atoms with Gasteiger partial charge in [0.25, 0.3) is 0 Å². The third kappa shape index (κ3) is 2.56. The quantitative estimate of drug-likeness (QED) is 0.929. The second-order valence-electron chi connectivity index (χ2n) is 3.16. The number of nitrogens with zero attached hydrogens (tertiary/aromatic N) is 2. The average molecular weight is 268 g/mol. The number of halogens is 1. The second-order valence-corrected chi connectivity index (χ2v) is 4.07. The molecule has 0 aliphatic carbocycles. The molecule has 78 valence electrons. The van der Waals surface area contributed by atoms with Crippen molar-refractivity contribution in [1.29, 1.82) is 0 Å². The predicted molar refractivity (Wildman–Crippen MR) is 60.5 cm³/mol. The normalized spacial score (nSPS) is 10.3.